The lowest BCUT2D eigenvalue weighted by molar-refractivity contribution is 0.660. The second-order valence-electron chi connectivity index (χ2n) is 17.2. The van der Waals surface area contributed by atoms with Gasteiger partial charge in [-0.2, -0.15) is 0 Å². The summed E-state index contributed by atoms with van der Waals surface area (Å²) in [5.41, 5.74) is 19.6. The van der Waals surface area contributed by atoms with Crippen LogP contribution in [0.4, 0.5) is 17.1 Å². The number of benzene rings is 10. The Bertz CT molecular complexity index is 3520. The van der Waals surface area contributed by atoms with Crippen LogP contribution in [0.3, 0.4) is 0 Å². The van der Waals surface area contributed by atoms with Gasteiger partial charge in [-0.05, 0) is 109 Å². The van der Waals surface area contributed by atoms with Gasteiger partial charge in [0.25, 0.3) is 0 Å². The van der Waals surface area contributed by atoms with Crippen LogP contribution in [0.5, 0.6) is 0 Å². The SMILES string of the molecule is CC1(C)c2ccccc2-c2ccc(-c3cccc(N(c4ccc(-c5cccc6c5oc5ccccc56)cc4)c4cc(-c5ccccc5)c5ccccc5c4)c3-c3ccccc3)cc21. The molecule has 1 heterocycles. The van der Waals surface area contributed by atoms with Gasteiger partial charge < -0.3 is 9.32 Å². The summed E-state index contributed by atoms with van der Waals surface area (Å²) < 4.78 is 6.52. The molecule has 0 bridgehead atoms. The van der Waals surface area contributed by atoms with Crippen molar-refractivity contribution in [2.75, 3.05) is 4.90 Å². The van der Waals surface area contributed by atoms with E-state index in [1.807, 2.05) is 6.07 Å². The smallest absolute Gasteiger partial charge is 0.143 e. The van der Waals surface area contributed by atoms with Crippen molar-refractivity contribution in [2.45, 2.75) is 19.3 Å². The van der Waals surface area contributed by atoms with Gasteiger partial charge in [-0.25, -0.2) is 0 Å². The Balaban J connectivity index is 1.09. The van der Waals surface area contributed by atoms with Crippen molar-refractivity contribution >= 4 is 49.8 Å². The standard InChI is InChI=1S/C61H43NO/c1-61(2)55-28-13-11-23-50(55)51-36-33-44(38-56(51)61)48-25-16-29-57(59(48)42-19-7-4-8-20-42)62(46-37-43-21-9-10-22-47(43)54(39-46)40-17-5-3-6-18-40)45-34-31-41(32-35-45)49-26-15-27-53-52-24-12-14-30-58(52)63-60(49)53/h3-39H,1-2H3. The van der Waals surface area contributed by atoms with E-state index in [-0.39, 0.29) is 5.41 Å². The highest BCUT2D eigenvalue weighted by atomic mass is 16.3. The third kappa shape index (κ3) is 6.02. The molecule has 1 aromatic heterocycles. The van der Waals surface area contributed by atoms with Crippen LogP contribution in [-0.2, 0) is 5.41 Å². The molecule has 0 radical (unpaired) electrons. The van der Waals surface area contributed by atoms with Crippen molar-refractivity contribution in [2.24, 2.45) is 0 Å². The first-order valence-electron chi connectivity index (χ1n) is 21.8. The van der Waals surface area contributed by atoms with E-state index in [2.05, 4.69) is 237 Å². The van der Waals surface area contributed by atoms with Crippen LogP contribution in [0.25, 0.3) is 88.3 Å². The summed E-state index contributed by atoms with van der Waals surface area (Å²) in [6.07, 6.45) is 0. The second-order valence-corrected chi connectivity index (χ2v) is 17.2. The summed E-state index contributed by atoms with van der Waals surface area (Å²) in [5.74, 6) is 0. The van der Waals surface area contributed by atoms with Crippen LogP contribution < -0.4 is 4.90 Å². The molecule has 0 aliphatic heterocycles. The minimum Gasteiger partial charge on any atom is -0.455 e. The molecule has 0 amide bonds. The van der Waals surface area contributed by atoms with E-state index >= 15 is 0 Å². The molecule has 0 fully saturated rings. The summed E-state index contributed by atoms with van der Waals surface area (Å²) in [6.45, 7) is 4.72. The number of fused-ring (bicyclic) bond motifs is 7. The van der Waals surface area contributed by atoms with Crippen molar-refractivity contribution in [3.63, 3.8) is 0 Å². The quantitative estimate of drug-likeness (QED) is 0.160. The maximum atomic E-state index is 6.52. The molecule has 0 unspecified atom stereocenters. The Kier molecular flexibility index (Phi) is 8.55. The van der Waals surface area contributed by atoms with Gasteiger partial charge in [0, 0.05) is 38.7 Å². The van der Waals surface area contributed by atoms with Gasteiger partial charge in [-0.15, -0.1) is 0 Å². The Hall–Kier alpha value is -7.94. The molecular formula is C61H43NO. The summed E-state index contributed by atoms with van der Waals surface area (Å²) in [7, 11) is 0. The fourth-order valence-corrected chi connectivity index (χ4v) is 10.2. The molecule has 2 heteroatoms. The Labute approximate surface area is 368 Å². The molecule has 1 aliphatic rings. The monoisotopic (exact) mass is 805 g/mol. The topological polar surface area (TPSA) is 16.4 Å². The molecule has 63 heavy (non-hydrogen) atoms. The molecule has 0 atom stereocenters. The number of furan rings is 1. The van der Waals surface area contributed by atoms with E-state index in [1.54, 1.807) is 0 Å². The zero-order chi connectivity index (χ0) is 42.1. The average molecular weight is 806 g/mol. The molecular weight excluding hydrogens is 763 g/mol. The highest BCUT2D eigenvalue weighted by molar-refractivity contribution is 6.10. The second kappa shape index (κ2) is 14.6. The first-order valence-corrected chi connectivity index (χ1v) is 21.8. The molecule has 0 N–H and O–H groups in total. The molecule has 298 valence electrons. The van der Waals surface area contributed by atoms with E-state index < -0.39 is 0 Å². The van der Waals surface area contributed by atoms with E-state index in [9.17, 15) is 0 Å². The maximum Gasteiger partial charge on any atom is 0.143 e. The highest BCUT2D eigenvalue weighted by Crippen LogP contribution is 2.52. The number of hydrogen-bond donors (Lipinski definition) is 0. The molecule has 12 rings (SSSR count). The van der Waals surface area contributed by atoms with Crippen molar-refractivity contribution < 1.29 is 4.42 Å². The number of hydrogen-bond acceptors (Lipinski definition) is 2. The van der Waals surface area contributed by atoms with Crippen LogP contribution in [-0.4, -0.2) is 0 Å². The highest BCUT2D eigenvalue weighted by Gasteiger charge is 2.35. The van der Waals surface area contributed by atoms with Crippen LogP contribution in [0.1, 0.15) is 25.0 Å². The summed E-state index contributed by atoms with van der Waals surface area (Å²) >= 11 is 0. The summed E-state index contributed by atoms with van der Waals surface area (Å²) in [6, 6.07) is 81.8. The number of nitrogens with zero attached hydrogens (tertiary/aromatic N) is 1. The van der Waals surface area contributed by atoms with Gasteiger partial charge in [0.05, 0.1) is 5.69 Å². The first kappa shape index (κ1) is 36.9. The van der Waals surface area contributed by atoms with E-state index in [1.165, 1.54) is 60.8 Å². The normalized spacial score (nSPS) is 12.7. The average Bonchev–Trinajstić information content (AvgIpc) is 3.84. The van der Waals surface area contributed by atoms with Crippen LogP contribution in [0.2, 0.25) is 0 Å². The number of rotatable bonds is 7. The van der Waals surface area contributed by atoms with Crippen LogP contribution >= 0.6 is 0 Å². The third-order valence-electron chi connectivity index (χ3n) is 13.3. The fraction of sp³-hybridized carbons (Fsp3) is 0.0492. The largest absolute Gasteiger partial charge is 0.455 e. The van der Waals surface area contributed by atoms with Gasteiger partial charge >= 0.3 is 0 Å². The van der Waals surface area contributed by atoms with Gasteiger partial charge in [0.1, 0.15) is 11.2 Å². The van der Waals surface area contributed by atoms with Crippen molar-refractivity contribution in [3.05, 3.63) is 236 Å². The zero-order valence-electron chi connectivity index (χ0n) is 35.2. The molecule has 2 nitrogen and oxygen atoms in total. The molecule has 0 saturated heterocycles. The minimum absolute atomic E-state index is 0.119. The van der Waals surface area contributed by atoms with Crippen LogP contribution in [0.15, 0.2) is 229 Å². The van der Waals surface area contributed by atoms with Crippen LogP contribution in [0, 0.1) is 0 Å². The van der Waals surface area contributed by atoms with Crippen molar-refractivity contribution in [1.82, 2.24) is 0 Å². The van der Waals surface area contributed by atoms with Gasteiger partial charge in [0.2, 0.25) is 0 Å². The summed E-state index contributed by atoms with van der Waals surface area (Å²) in [5, 5.41) is 4.67. The summed E-state index contributed by atoms with van der Waals surface area (Å²) in [4.78, 5) is 2.46. The van der Waals surface area contributed by atoms with Crippen molar-refractivity contribution in [1.29, 1.82) is 0 Å². The predicted molar refractivity (Wildman–Crippen MR) is 265 cm³/mol. The number of anilines is 3. The fourth-order valence-electron chi connectivity index (χ4n) is 10.2. The molecule has 10 aromatic carbocycles. The third-order valence-corrected chi connectivity index (χ3v) is 13.3. The lowest BCUT2D eigenvalue weighted by atomic mass is 9.81. The molecule has 0 spiro atoms. The van der Waals surface area contributed by atoms with Crippen molar-refractivity contribution in [3.8, 4) is 55.6 Å². The predicted octanol–water partition coefficient (Wildman–Crippen LogP) is 17.2. The molecule has 1 aliphatic carbocycles. The lowest BCUT2D eigenvalue weighted by Gasteiger charge is -2.30. The Morgan fingerprint density at radius 1 is 0.365 bits per heavy atom. The Morgan fingerprint density at radius 2 is 0.968 bits per heavy atom. The Morgan fingerprint density at radius 3 is 1.79 bits per heavy atom. The first-order chi connectivity index (χ1) is 31.0. The van der Waals surface area contributed by atoms with E-state index in [4.69, 9.17) is 4.42 Å². The van der Waals surface area contributed by atoms with Gasteiger partial charge in [-0.1, -0.05) is 196 Å². The minimum atomic E-state index is -0.119. The van der Waals surface area contributed by atoms with E-state index in [0.717, 1.165) is 55.7 Å². The number of para-hydroxylation sites is 2. The van der Waals surface area contributed by atoms with Gasteiger partial charge in [-0.3, -0.25) is 0 Å². The zero-order valence-corrected chi connectivity index (χ0v) is 35.2. The molecule has 11 aromatic rings. The maximum absolute atomic E-state index is 6.52. The van der Waals surface area contributed by atoms with Gasteiger partial charge in [0.15, 0.2) is 0 Å². The van der Waals surface area contributed by atoms with E-state index in [0.29, 0.717) is 0 Å². The lowest BCUT2D eigenvalue weighted by Crippen LogP contribution is -2.15. The molecule has 0 saturated carbocycles.